The van der Waals surface area contributed by atoms with Crippen LogP contribution in [0.3, 0.4) is 0 Å². The molecule has 5 rings (SSSR count). The van der Waals surface area contributed by atoms with E-state index >= 15 is 0 Å². The first-order valence-corrected chi connectivity index (χ1v) is 11.4. The van der Waals surface area contributed by atoms with Crippen molar-refractivity contribution >= 4 is 5.91 Å². The highest BCUT2D eigenvalue weighted by molar-refractivity contribution is 5.94. The third-order valence-electron chi connectivity index (χ3n) is 6.92. The van der Waals surface area contributed by atoms with Gasteiger partial charge in [-0.1, -0.05) is 30.3 Å². The first-order valence-electron chi connectivity index (χ1n) is 11.4. The lowest BCUT2D eigenvalue weighted by Crippen LogP contribution is -2.67. The molecule has 0 spiro atoms. The predicted octanol–water partition coefficient (Wildman–Crippen LogP) is 3.35. The van der Waals surface area contributed by atoms with E-state index in [0.717, 1.165) is 36.1 Å². The average Bonchev–Trinajstić information content (AvgIpc) is 2.83. The number of aromatic nitrogens is 2. The standard InChI is InChI=1S/C26H27FN4O2/c27-22-5-3-4-20(12-22)26(33)30-10-1-2-11-31-23(15-30)25(24(31)16-32)19-8-6-18(7-9-19)21-13-28-17-29-14-21/h3-9,12-14,17,23-25,32H,1-2,10-11,15-16H2/t23-,24+,25-/m0/s1. The third kappa shape index (κ3) is 4.26. The van der Waals surface area contributed by atoms with Crippen LogP contribution in [0.15, 0.2) is 67.3 Å². The Balaban J connectivity index is 1.39. The number of rotatable bonds is 4. The maximum atomic E-state index is 13.7. The Morgan fingerprint density at radius 2 is 1.79 bits per heavy atom. The van der Waals surface area contributed by atoms with Gasteiger partial charge >= 0.3 is 0 Å². The van der Waals surface area contributed by atoms with E-state index in [1.807, 2.05) is 4.90 Å². The summed E-state index contributed by atoms with van der Waals surface area (Å²) in [5, 5.41) is 10.2. The molecule has 3 atom stereocenters. The molecular weight excluding hydrogens is 419 g/mol. The molecule has 1 amide bonds. The second-order valence-electron chi connectivity index (χ2n) is 8.80. The summed E-state index contributed by atoms with van der Waals surface area (Å²) in [5.74, 6) is -0.417. The number of aliphatic hydroxyl groups excluding tert-OH is 1. The van der Waals surface area contributed by atoms with Crippen LogP contribution in [0, 0.1) is 5.82 Å². The molecule has 170 valence electrons. The van der Waals surface area contributed by atoms with Gasteiger partial charge in [-0.3, -0.25) is 9.69 Å². The van der Waals surface area contributed by atoms with E-state index in [0.29, 0.717) is 18.7 Å². The topological polar surface area (TPSA) is 69.6 Å². The fourth-order valence-electron chi connectivity index (χ4n) is 5.27. The number of nitrogens with zero attached hydrogens (tertiary/aromatic N) is 4. The molecule has 0 unspecified atom stereocenters. The lowest BCUT2D eigenvalue weighted by Gasteiger charge is -2.57. The van der Waals surface area contributed by atoms with Crippen molar-refractivity contribution in [2.45, 2.75) is 30.8 Å². The zero-order valence-electron chi connectivity index (χ0n) is 18.3. The zero-order valence-corrected chi connectivity index (χ0v) is 18.3. The number of halogens is 1. The van der Waals surface area contributed by atoms with E-state index in [9.17, 15) is 14.3 Å². The summed E-state index contributed by atoms with van der Waals surface area (Å²) in [5.41, 5.74) is 3.52. The highest BCUT2D eigenvalue weighted by Crippen LogP contribution is 2.42. The molecule has 3 aromatic rings. The molecule has 3 heterocycles. The largest absolute Gasteiger partial charge is 0.395 e. The third-order valence-corrected chi connectivity index (χ3v) is 6.92. The second-order valence-corrected chi connectivity index (χ2v) is 8.80. The number of hydrogen-bond acceptors (Lipinski definition) is 5. The highest BCUT2D eigenvalue weighted by atomic mass is 19.1. The Hall–Kier alpha value is -3.16. The molecule has 0 radical (unpaired) electrons. The summed E-state index contributed by atoms with van der Waals surface area (Å²) in [6.45, 7) is 2.20. The normalized spacial score (nSPS) is 23.2. The number of hydrogen-bond donors (Lipinski definition) is 1. The van der Waals surface area contributed by atoms with E-state index in [1.54, 1.807) is 24.5 Å². The van der Waals surface area contributed by atoms with Crippen molar-refractivity contribution in [3.8, 4) is 11.1 Å². The van der Waals surface area contributed by atoms with Gasteiger partial charge in [-0.2, -0.15) is 0 Å². The van der Waals surface area contributed by atoms with Crippen LogP contribution in [-0.2, 0) is 0 Å². The van der Waals surface area contributed by atoms with Gasteiger partial charge in [0.25, 0.3) is 5.91 Å². The van der Waals surface area contributed by atoms with Crippen molar-refractivity contribution < 1.29 is 14.3 Å². The van der Waals surface area contributed by atoms with Crippen LogP contribution in [0.4, 0.5) is 4.39 Å². The first-order chi connectivity index (χ1) is 16.2. The van der Waals surface area contributed by atoms with Crippen LogP contribution in [0.5, 0.6) is 0 Å². The Kier molecular flexibility index (Phi) is 6.15. The number of benzene rings is 2. The number of fused-ring (bicyclic) bond motifs is 1. The Morgan fingerprint density at radius 3 is 2.52 bits per heavy atom. The van der Waals surface area contributed by atoms with Crippen molar-refractivity contribution in [3.63, 3.8) is 0 Å². The van der Waals surface area contributed by atoms with Gasteiger partial charge in [-0.05, 0) is 48.7 Å². The number of carbonyl (C=O) groups excluding carboxylic acids is 1. The molecule has 2 aliphatic rings. The summed E-state index contributed by atoms with van der Waals surface area (Å²) in [6, 6.07) is 14.4. The quantitative estimate of drug-likeness (QED) is 0.666. The van der Waals surface area contributed by atoms with E-state index in [1.165, 1.54) is 18.5 Å². The second kappa shape index (κ2) is 9.37. The van der Waals surface area contributed by atoms with E-state index < -0.39 is 5.82 Å². The number of aliphatic hydroxyl groups is 1. The summed E-state index contributed by atoms with van der Waals surface area (Å²) in [6.07, 6.45) is 6.93. The summed E-state index contributed by atoms with van der Waals surface area (Å²) >= 11 is 0. The Labute approximate surface area is 192 Å². The molecule has 0 aliphatic carbocycles. The minimum atomic E-state index is -0.403. The molecular formula is C26H27FN4O2. The lowest BCUT2D eigenvalue weighted by molar-refractivity contribution is -0.0606. The average molecular weight is 447 g/mol. The fourth-order valence-corrected chi connectivity index (χ4v) is 5.27. The predicted molar refractivity (Wildman–Crippen MR) is 123 cm³/mol. The van der Waals surface area contributed by atoms with Crippen LogP contribution in [0.2, 0.25) is 0 Å². The van der Waals surface area contributed by atoms with Gasteiger partial charge < -0.3 is 10.0 Å². The fraction of sp³-hybridized carbons (Fsp3) is 0.346. The summed E-state index contributed by atoms with van der Waals surface area (Å²) in [7, 11) is 0. The van der Waals surface area contributed by atoms with Crippen molar-refractivity contribution in [2.75, 3.05) is 26.2 Å². The monoisotopic (exact) mass is 446 g/mol. The van der Waals surface area contributed by atoms with Gasteiger partial charge in [0.05, 0.1) is 6.61 Å². The van der Waals surface area contributed by atoms with Gasteiger partial charge in [0.15, 0.2) is 0 Å². The molecule has 1 N–H and O–H groups in total. The van der Waals surface area contributed by atoms with Gasteiger partial charge in [-0.15, -0.1) is 0 Å². The van der Waals surface area contributed by atoms with Gasteiger partial charge in [0.1, 0.15) is 12.1 Å². The first kappa shape index (κ1) is 21.7. The Bertz CT molecular complexity index is 1110. The van der Waals surface area contributed by atoms with Gasteiger partial charge in [0.2, 0.25) is 0 Å². The molecule has 0 saturated carbocycles. The Morgan fingerprint density at radius 1 is 1.03 bits per heavy atom. The molecule has 2 aromatic carbocycles. The molecule has 2 saturated heterocycles. The van der Waals surface area contributed by atoms with E-state index in [4.69, 9.17) is 0 Å². The van der Waals surface area contributed by atoms with Crippen molar-refractivity contribution in [2.24, 2.45) is 0 Å². The van der Waals surface area contributed by atoms with Crippen LogP contribution >= 0.6 is 0 Å². The lowest BCUT2D eigenvalue weighted by atomic mass is 9.74. The molecule has 1 aromatic heterocycles. The molecule has 0 bridgehead atoms. The minimum absolute atomic E-state index is 0.0325. The number of amides is 1. The molecule has 7 heteroatoms. The maximum Gasteiger partial charge on any atom is 0.254 e. The van der Waals surface area contributed by atoms with Gasteiger partial charge in [0, 0.05) is 54.6 Å². The maximum absolute atomic E-state index is 13.7. The summed E-state index contributed by atoms with van der Waals surface area (Å²) < 4.78 is 13.7. The van der Waals surface area contributed by atoms with E-state index in [2.05, 4.69) is 39.1 Å². The smallest absolute Gasteiger partial charge is 0.254 e. The molecule has 6 nitrogen and oxygen atoms in total. The van der Waals surface area contributed by atoms with Crippen molar-refractivity contribution in [3.05, 3.63) is 84.2 Å². The van der Waals surface area contributed by atoms with Gasteiger partial charge in [-0.25, -0.2) is 14.4 Å². The van der Waals surface area contributed by atoms with Crippen LogP contribution in [0.25, 0.3) is 11.1 Å². The van der Waals surface area contributed by atoms with Crippen LogP contribution in [0.1, 0.15) is 34.7 Å². The minimum Gasteiger partial charge on any atom is -0.395 e. The molecule has 2 aliphatic heterocycles. The van der Waals surface area contributed by atoms with Crippen molar-refractivity contribution in [1.82, 2.24) is 19.8 Å². The van der Waals surface area contributed by atoms with E-state index in [-0.39, 0.29) is 30.5 Å². The SMILES string of the molecule is O=C(c1cccc(F)c1)N1CCCCN2[C@H](CO)[C@@H](c3ccc(-c4cncnc4)cc3)[C@@H]2C1. The number of carbonyl (C=O) groups is 1. The summed E-state index contributed by atoms with van der Waals surface area (Å²) in [4.78, 5) is 25.5. The highest BCUT2D eigenvalue weighted by Gasteiger charge is 2.49. The van der Waals surface area contributed by atoms with Crippen LogP contribution in [-0.4, -0.2) is 69.1 Å². The zero-order chi connectivity index (χ0) is 22.8. The van der Waals surface area contributed by atoms with Crippen molar-refractivity contribution in [1.29, 1.82) is 0 Å². The molecule has 2 fully saturated rings. The molecule has 33 heavy (non-hydrogen) atoms. The van der Waals surface area contributed by atoms with Crippen LogP contribution < -0.4 is 0 Å².